The van der Waals surface area contributed by atoms with Crippen molar-refractivity contribution >= 4 is 23.7 Å². The first-order chi connectivity index (χ1) is 53.5. The van der Waals surface area contributed by atoms with Crippen LogP contribution in [0.2, 0.25) is 0 Å². The molecule has 30 nitrogen and oxygen atoms in total. The maximum absolute atomic E-state index is 11.7. The fraction of sp³-hybridized carbons (Fsp3) is 0.952. The summed E-state index contributed by atoms with van der Waals surface area (Å²) in [6.07, 6.45) is 2.12. The number of ketones is 1. The molecular formula is C83H160O30. The van der Waals surface area contributed by atoms with Crippen LogP contribution in [0.5, 0.6) is 0 Å². The average Bonchev–Trinajstić information content (AvgIpc) is 0.702. The fourth-order valence-electron chi connectivity index (χ4n) is 15.5. The van der Waals surface area contributed by atoms with Crippen LogP contribution < -0.4 is 0 Å². The number of fused-ring (bicyclic) bond motifs is 1. The average molecular weight is 1640 g/mol. The van der Waals surface area contributed by atoms with Gasteiger partial charge in [-0.15, -0.1) is 0 Å². The van der Waals surface area contributed by atoms with Crippen LogP contribution in [0.3, 0.4) is 0 Å². The maximum atomic E-state index is 11.7. The third-order valence-corrected chi connectivity index (χ3v) is 21.6. The molecule has 0 saturated carbocycles. The van der Waals surface area contributed by atoms with Crippen molar-refractivity contribution in [1.29, 1.82) is 0 Å². The van der Waals surface area contributed by atoms with Crippen molar-refractivity contribution in [3.05, 3.63) is 0 Å². The number of hydrogen-bond donors (Lipinski definition) is 10. The van der Waals surface area contributed by atoms with E-state index in [0.29, 0.717) is 44.0 Å². The summed E-state index contributed by atoms with van der Waals surface area (Å²) in [6, 6.07) is 0. The van der Waals surface area contributed by atoms with Gasteiger partial charge in [0.05, 0.1) is 108 Å². The summed E-state index contributed by atoms with van der Waals surface area (Å²) in [6.45, 7) is 37.6. The minimum Gasteiger partial charge on any atom is -0.469 e. The number of methoxy groups -OCH3 is 6. The van der Waals surface area contributed by atoms with Crippen molar-refractivity contribution in [2.75, 3.05) is 129 Å². The lowest BCUT2D eigenvalue weighted by Gasteiger charge is -2.51. The number of rotatable bonds is 35. The highest BCUT2D eigenvalue weighted by Crippen LogP contribution is 2.43. The molecular weight excluding hydrogens is 1480 g/mol. The topological polar surface area (TPSA) is 418 Å². The van der Waals surface area contributed by atoms with Crippen molar-refractivity contribution in [3.8, 4) is 0 Å². The van der Waals surface area contributed by atoms with Gasteiger partial charge in [0.1, 0.15) is 36.4 Å². The van der Waals surface area contributed by atoms with Gasteiger partial charge in [-0.2, -0.15) is 0 Å². The predicted octanol–water partition coefficient (Wildman–Crippen LogP) is 6.39. The summed E-state index contributed by atoms with van der Waals surface area (Å²) in [5.41, 5.74) is 0. The van der Waals surface area contributed by atoms with E-state index in [-0.39, 0.29) is 174 Å². The van der Waals surface area contributed by atoms with Gasteiger partial charge in [-0.3, -0.25) is 19.2 Å². The molecule has 26 atom stereocenters. The van der Waals surface area contributed by atoms with E-state index in [4.69, 9.17) is 86.4 Å². The Morgan fingerprint density at radius 2 is 0.982 bits per heavy atom. The summed E-state index contributed by atoms with van der Waals surface area (Å²) < 4.78 is 88.8. The third-order valence-electron chi connectivity index (χ3n) is 21.6. The first-order valence-electron chi connectivity index (χ1n) is 41.3. The van der Waals surface area contributed by atoms with E-state index in [0.717, 1.165) is 31.8 Å². The molecule has 0 bridgehead atoms. The summed E-state index contributed by atoms with van der Waals surface area (Å²) in [5.74, 6) is -2.55. The minimum absolute atomic E-state index is 0.000000000000000222. The van der Waals surface area contributed by atoms with Crippen molar-refractivity contribution in [2.45, 2.75) is 293 Å². The molecule has 0 amide bonds. The molecule has 10 N–H and O–H groups in total. The van der Waals surface area contributed by atoms with Crippen LogP contribution in [0, 0.1) is 88.8 Å². The summed E-state index contributed by atoms with van der Waals surface area (Å²) in [7, 11) is 8.87. The normalized spacial score (nSPS) is 31.3. The molecule has 0 aliphatic carbocycles. The van der Waals surface area contributed by atoms with Crippen LogP contribution in [0.4, 0.5) is 0 Å². The summed E-state index contributed by atoms with van der Waals surface area (Å²) in [4.78, 5) is 45.6. The molecule has 6 saturated heterocycles. The monoisotopic (exact) mass is 1640 g/mol. The number of aliphatic hydroxyl groups excluding tert-OH is 10. The SMILES string of the molecule is CC(C)C1CCCCO1.CC(C)CCCO.CC1OCC2OC(C(C)C)C(CO)C(CO)C2O1.CCC1OC(C(C)C)C(CO)C(CO)C1OC1OC(COC)C(OC)C(CO)C1CO.CCC1OC(C(C)C)C(CO)C(OC(C)=O)C1OC(C)=O.COC(=O)C(CO)C(OC)C(=O)C(C)C.COC(CO)C(CC(C)C)OC. The number of Topliss-reactive ketones (excluding diaryl/α,β-unsaturated/α-hetero) is 1. The Bertz CT molecular complexity index is 2400. The van der Waals surface area contributed by atoms with Crippen molar-refractivity contribution in [3.63, 3.8) is 0 Å². The fourth-order valence-corrected chi connectivity index (χ4v) is 15.5. The summed E-state index contributed by atoms with van der Waals surface area (Å²) >= 11 is 0. The van der Waals surface area contributed by atoms with Crippen LogP contribution in [-0.4, -0.2) is 314 Å². The lowest BCUT2D eigenvalue weighted by Crippen LogP contribution is -2.61. The lowest BCUT2D eigenvalue weighted by molar-refractivity contribution is -0.328. The zero-order chi connectivity index (χ0) is 86.5. The Kier molecular flexibility index (Phi) is 59.1. The molecule has 0 aromatic carbocycles. The van der Waals surface area contributed by atoms with Crippen molar-refractivity contribution in [2.24, 2.45) is 88.8 Å². The Hall–Kier alpha value is -2.84. The van der Waals surface area contributed by atoms with Gasteiger partial charge >= 0.3 is 17.9 Å². The van der Waals surface area contributed by atoms with Gasteiger partial charge in [0.25, 0.3) is 0 Å². The lowest BCUT2D eigenvalue weighted by atomic mass is 9.75. The number of esters is 3. The van der Waals surface area contributed by atoms with Crippen molar-refractivity contribution in [1.82, 2.24) is 0 Å². The van der Waals surface area contributed by atoms with Crippen LogP contribution in [0.25, 0.3) is 0 Å². The minimum atomic E-state index is -0.949. The largest absolute Gasteiger partial charge is 0.469 e. The van der Waals surface area contributed by atoms with Gasteiger partial charge < -0.3 is 127 Å². The predicted molar refractivity (Wildman–Crippen MR) is 424 cm³/mol. The zero-order valence-corrected chi connectivity index (χ0v) is 73.5. The van der Waals surface area contributed by atoms with Gasteiger partial charge in [-0.05, 0) is 93.8 Å². The highest BCUT2D eigenvalue weighted by Gasteiger charge is 2.54. The molecule has 6 fully saturated rings. The first-order valence-corrected chi connectivity index (χ1v) is 41.3. The van der Waals surface area contributed by atoms with E-state index < -0.39 is 91.1 Å². The smallest absolute Gasteiger partial charge is 0.314 e. The molecule has 6 aliphatic rings. The van der Waals surface area contributed by atoms with Gasteiger partial charge in [-0.25, -0.2) is 0 Å². The molecule has 0 radical (unpaired) electrons. The van der Waals surface area contributed by atoms with Gasteiger partial charge in [0.2, 0.25) is 0 Å². The molecule has 30 heteroatoms. The van der Waals surface area contributed by atoms with E-state index in [2.05, 4.69) is 60.1 Å². The molecule has 113 heavy (non-hydrogen) atoms. The standard InChI is InChI=1S/C22H42O9.C15H26O6.C13H24O5.C10H18O5.C9H20O3.C8H16O.C6H14O/c1-6-17-21(14(8-24)13(7-23)19(29-17)12(2)3)31-22-16(10-26)15(9-25)20(28-5)18(30-22)11-27-4;1-6-12-15(20-10(5)18)14(19-9(4)17)11(7-16)13(21-12)8(2)3;1-7(2)12-9(4-14)10(5-15)13-11(18-12)6-16-8(3)17-13;1-6(2)8(12)9(14-3)7(5-11)10(13)15-4;1-7(2)5-8(11-3)9(6-10)12-4;1-7(2)8-5-3-4-6-9-8;1-6(2)4-3-5-7/h12-26H,6-11H2,1-5H3;8,11-16H,6-7H2,1-5H3;7-15H,4-6H2,1-3H3;6-7,9,11H,5H2,1-4H3;7-10H,5-6H2,1-4H3;7-8H,3-6H2,1-2H3;6-7H,3-5H2,1-2H3. The summed E-state index contributed by atoms with van der Waals surface area (Å²) in [5, 5.41) is 95.6. The molecule has 6 rings (SSSR count). The van der Waals surface area contributed by atoms with Crippen LogP contribution in [0.1, 0.15) is 183 Å². The van der Waals surface area contributed by atoms with Gasteiger partial charge in [-0.1, -0.05) is 111 Å². The number of carbonyl (C=O) groups excluding carboxylic acids is 4. The second kappa shape index (κ2) is 60.6. The Labute approximate surface area is 677 Å². The van der Waals surface area contributed by atoms with Gasteiger partial charge in [0.15, 0.2) is 24.5 Å². The van der Waals surface area contributed by atoms with Crippen LogP contribution >= 0.6 is 0 Å². The highest BCUT2D eigenvalue weighted by atomic mass is 16.7. The Morgan fingerprint density at radius 1 is 0.487 bits per heavy atom. The van der Waals surface area contributed by atoms with E-state index in [1.54, 1.807) is 35.2 Å². The van der Waals surface area contributed by atoms with Crippen LogP contribution in [-0.2, 0) is 95.0 Å². The second-order valence-electron chi connectivity index (χ2n) is 32.6. The van der Waals surface area contributed by atoms with Crippen molar-refractivity contribution < 1.29 is 146 Å². The molecule has 6 aliphatic heterocycles. The van der Waals surface area contributed by atoms with E-state index >= 15 is 0 Å². The molecule has 26 unspecified atom stereocenters. The highest BCUT2D eigenvalue weighted by molar-refractivity contribution is 5.90. The van der Waals surface area contributed by atoms with E-state index in [9.17, 15) is 54.9 Å². The van der Waals surface area contributed by atoms with E-state index in [1.165, 1.54) is 54.4 Å². The number of hydrogen-bond acceptors (Lipinski definition) is 30. The molecule has 672 valence electrons. The quantitative estimate of drug-likeness (QED) is 0.0242. The number of aliphatic hydroxyl groups is 10. The third kappa shape index (κ3) is 36.6. The number of carbonyl (C=O) groups is 4. The number of ether oxygens (including phenoxy) is 16. The Balaban J connectivity index is 0.00000136. The van der Waals surface area contributed by atoms with Crippen LogP contribution in [0.15, 0.2) is 0 Å². The molecule has 6 heterocycles. The first kappa shape index (κ1) is 110. The maximum Gasteiger partial charge on any atom is 0.314 e. The Morgan fingerprint density at radius 3 is 1.35 bits per heavy atom. The van der Waals surface area contributed by atoms with Gasteiger partial charge in [0, 0.05) is 143 Å². The second-order valence-corrected chi connectivity index (χ2v) is 32.6. The molecule has 0 aromatic heterocycles. The molecule has 0 aromatic rings. The molecule has 0 spiro atoms. The zero-order valence-electron chi connectivity index (χ0n) is 73.5. The van der Waals surface area contributed by atoms with E-state index in [1.807, 2.05) is 48.5 Å².